The van der Waals surface area contributed by atoms with Gasteiger partial charge in [-0.3, -0.25) is 0 Å². The van der Waals surface area contributed by atoms with Gasteiger partial charge in [0.15, 0.2) is 0 Å². The van der Waals surface area contributed by atoms with Crippen molar-refractivity contribution in [3.63, 3.8) is 0 Å². The molecule has 2 heterocycles. The molecular formula is C13H21N3. The molecule has 1 atom stereocenters. The maximum atomic E-state index is 4.32. The molecule has 1 N–H and O–H groups in total. The number of nitrogens with one attached hydrogen (secondary N) is 1. The molecule has 1 saturated heterocycles. The lowest BCUT2D eigenvalue weighted by Crippen LogP contribution is -2.40. The molecule has 1 aliphatic carbocycles. The van der Waals surface area contributed by atoms with Gasteiger partial charge >= 0.3 is 0 Å². The van der Waals surface area contributed by atoms with Gasteiger partial charge in [0, 0.05) is 30.9 Å². The summed E-state index contributed by atoms with van der Waals surface area (Å²) in [5.74, 6) is 0.808. The lowest BCUT2D eigenvalue weighted by Gasteiger charge is -2.34. The second-order valence-electron chi connectivity index (χ2n) is 5.81. The lowest BCUT2D eigenvalue weighted by atomic mass is 9.82. The summed E-state index contributed by atoms with van der Waals surface area (Å²) in [5.41, 5.74) is 1.88. The van der Waals surface area contributed by atoms with Crippen molar-refractivity contribution >= 4 is 0 Å². The third-order valence-corrected chi connectivity index (χ3v) is 3.98. The smallest absolute Gasteiger partial charge is 0.0948 e. The van der Waals surface area contributed by atoms with E-state index < -0.39 is 0 Å². The summed E-state index contributed by atoms with van der Waals surface area (Å²) in [4.78, 5) is 4.32. The Hall–Kier alpha value is -0.830. The molecule has 0 spiro atoms. The lowest BCUT2D eigenvalue weighted by molar-refractivity contribution is 0.199. The van der Waals surface area contributed by atoms with Crippen molar-refractivity contribution in [3.05, 3.63) is 18.2 Å². The van der Waals surface area contributed by atoms with Crippen molar-refractivity contribution in [3.8, 4) is 0 Å². The molecule has 3 nitrogen and oxygen atoms in total. The molecule has 3 heteroatoms. The molecule has 1 saturated carbocycles. The molecule has 3 rings (SSSR count). The highest BCUT2D eigenvalue weighted by atomic mass is 15.1. The van der Waals surface area contributed by atoms with Gasteiger partial charge in [-0.2, -0.15) is 0 Å². The second kappa shape index (κ2) is 3.88. The van der Waals surface area contributed by atoms with Gasteiger partial charge in [-0.25, -0.2) is 4.98 Å². The Morgan fingerprint density at radius 1 is 1.56 bits per heavy atom. The van der Waals surface area contributed by atoms with Crippen molar-refractivity contribution in [2.45, 2.75) is 45.1 Å². The first-order valence-electron chi connectivity index (χ1n) is 6.48. The van der Waals surface area contributed by atoms with Crippen LogP contribution in [0.2, 0.25) is 0 Å². The molecule has 1 aliphatic heterocycles. The zero-order valence-electron chi connectivity index (χ0n) is 10.1. The Balaban J connectivity index is 1.74. The second-order valence-corrected chi connectivity index (χ2v) is 5.81. The van der Waals surface area contributed by atoms with Gasteiger partial charge in [-0.15, -0.1) is 0 Å². The van der Waals surface area contributed by atoms with Crippen LogP contribution in [0, 0.1) is 5.41 Å². The minimum absolute atomic E-state index is 0.419. The third-order valence-electron chi connectivity index (χ3n) is 3.98. The van der Waals surface area contributed by atoms with Crippen LogP contribution in [-0.4, -0.2) is 22.6 Å². The van der Waals surface area contributed by atoms with Crippen LogP contribution in [0.15, 0.2) is 12.5 Å². The van der Waals surface area contributed by atoms with Gasteiger partial charge < -0.3 is 9.88 Å². The summed E-state index contributed by atoms with van der Waals surface area (Å²) < 4.78 is 2.39. The van der Waals surface area contributed by atoms with E-state index in [0.29, 0.717) is 5.41 Å². The molecule has 0 bridgehead atoms. The molecule has 0 radical (unpaired) electrons. The van der Waals surface area contributed by atoms with Gasteiger partial charge in [-0.05, 0) is 37.6 Å². The van der Waals surface area contributed by atoms with E-state index in [2.05, 4.69) is 28.0 Å². The van der Waals surface area contributed by atoms with Crippen molar-refractivity contribution < 1.29 is 0 Å². The molecule has 0 aromatic carbocycles. The van der Waals surface area contributed by atoms with Crippen LogP contribution in [0.3, 0.4) is 0 Å². The van der Waals surface area contributed by atoms with Crippen LogP contribution >= 0.6 is 0 Å². The minimum Gasteiger partial charge on any atom is -0.334 e. The molecule has 16 heavy (non-hydrogen) atoms. The van der Waals surface area contributed by atoms with E-state index >= 15 is 0 Å². The number of piperidine rings is 1. The van der Waals surface area contributed by atoms with Crippen LogP contribution in [0.25, 0.3) is 0 Å². The van der Waals surface area contributed by atoms with Crippen LogP contribution in [-0.2, 0) is 6.54 Å². The molecule has 88 valence electrons. The summed E-state index contributed by atoms with van der Waals surface area (Å²) in [7, 11) is 0. The van der Waals surface area contributed by atoms with Crippen LogP contribution < -0.4 is 5.32 Å². The summed E-state index contributed by atoms with van der Waals surface area (Å²) in [6.45, 7) is 5.87. The molecule has 1 aromatic rings. The van der Waals surface area contributed by atoms with E-state index in [1.165, 1.54) is 37.9 Å². The number of nitrogens with zero attached hydrogens (tertiary/aromatic N) is 2. The maximum absolute atomic E-state index is 4.32. The molecule has 2 aliphatic rings. The molecule has 2 fully saturated rings. The van der Waals surface area contributed by atoms with Crippen LogP contribution in [0.1, 0.15) is 44.2 Å². The Morgan fingerprint density at radius 3 is 3.12 bits per heavy atom. The first-order valence-corrected chi connectivity index (χ1v) is 6.48. The predicted octanol–water partition coefficient (Wildman–Crippen LogP) is 2.15. The van der Waals surface area contributed by atoms with Gasteiger partial charge in [0.2, 0.25) is 0 Å². The third kappa shape index (κ3) is 2.01. The van der Waals surface area contributed by atoms with E-state index in [-0.39, 0.29) is 0 Å². The summed E-state index contributed by atoms with van der Waals surface area (Å²) >= 11 is 0. The van der Waals surface area contributed by atoms with E-state index in [9.17, 15) is 0 Å². The largest absolute Gasteiger partial charge is 0.334 e. The predicted molar refractivity (Wildman–Crippen MR) is 64.4 cm³/mol. The van der Waals surface area contributed by atoms with Gasteiger partial charge in [-0.1, -0.05) is 6.92 Å². The number of hydrogen-bond donors (Lipinski definition) is 1. The Kier molecular flexibility index (Phi) is 2.51. The first-order chi connectivity index (χ1) is 7.77. The van der Waals surface area contributed by atoms with Crippen molar-refractivity contribution in [1.82, 2.24) is 14.9 Å². The number of imidazole rings is 1. The minimum atomic E-state index is 0.419. The van der Waals surface area contributed by atoms with Crippen LogP contribution in [0.5, 0.6) is 0 Å². The summed E-state index contributed by atoms with van der Waals surface area (Å²) in [5, 5.41) is 3.52. The fraction of sp³-hybridized carbons (Fsp3) is 0.769. The topological polar surface area (TPSA) is 29.9 Å². The van der Waals surface area contributed by atoms with Crippen molar-refractivity contribution in [2.24, 2.45) is 5.41 Å². The fourth-order valence-corrected chi connectivity index (χ4v) is 2.85. The normalized spacial score (nSPS) is 30.6. The quantitative estimate of drug-likeness (QED) is 0.844. The van der Waals surface area contributed by atoms with Crippen molar-refractivity contribution in [2.75, 3.05) is 13.1 Å². The first kappa shape index (κ1) is 10.3. The summed E-state index contributed by atoms with van der Waals surface area (Å²) in [6, 6.07) is 0. The fourth-order valence-electron chi connectivity index (χ4n) is 2.85. The monoisotopic (exact) mass is 219 g/mol. The molecule has 0 amide bonds. The standard InChI is InChI=1S/C13H21N3/c1-13(5-2-6-14-8-13)9-16-10-15-7-12(16)11-3-4-11/h7,10-11,14H,2-6,8-9H2,1H3. The summed E-state index contributed by atoms with van der Waals surface area (Å²) in [6.07, 6.45) is 9.46. The number of aromatic nitrogens is 2. The highest BCUT2D eigenvalue weighted by Crippen LogP contribution is 2.40. The van der Waals surface area contributed by atoms with E-state index in [4.69, 9.17) is 0 Å². The Labute approximate surface area is 97.3 Å². The highest BCUT2D eigenvalue weighted by Gasteiger charge is 2.31. The number of hydrogen-bond acceptors (Lipinski definition) is 2. The molecule has 1 aromatic heterocycles. The zero-order chi connectivity index (χ0) is 11.0. The van der Waals surface area contributed by atoms with Gasteiger partial charge in [0.25, 0.3) is 0 Å². The van der Waals surface area contributed by atoms with Gasteiger partial charge in [0.05, 0.1) is 6.33 Å². The van der Waals surface area contributed by atoms with Gasteiger partial charge in [0.1, 0.15) is 0 Å². The Morgan fingerprint density at radius 2 is 2.44 bits per heavy atom. The molecule has 1 unspecified atom stereocenters. The van der Waals surface area contributed by atoms with Crippen molar-refractivity contribution in [1.29, 1.82) is 0 Å². The average Bonchev–Trinajstić information content (AvgIpc) is 3.01. The number of rotatable bonds is 3. The van der Waals surface area contributed by atoms with E-state index in [1.807, 2.05) is 6.33 Å². The zero-order valence-corrected chi connectivity index (χ0v) is 10.1. The maximum Gasteiger partial charge on any atom is 0.0948 e. The SMILES string of the molecule is CC1(Cn2cncc2C2CC2)CCCNC1. The average molecular weight is 219 g/mol. The van der Waals surface area contributed by atoms with E-state index in [1.54, 1.807) is 0 Å². The van der Waals surface area contributed by atoms with Crippen LogP contribution in [0.4, 0.5) is 0 Å². The molecular weight excluding hydrogens is 198 g/mol. The van der Waals surface area contributed by atoms with E-state index in [0.717, 1.165) is 19.0 Å². The Bertz CT molecular complexity index is 359. The highest BCUT2D eigenvalue weighted by molar-refractivity contribution is 5.13.